The molecular weight excluding hydrogens is 120 g/mol. The zero-order chi connectivity index (χ0) is 6.85. The predicted octanol–water partition coefficient (Wildman–Crippen LogP) is 0.765. The summed E-state index contributed by atoms with van der Waals surface area (Å²) in [4.78, 5) is 10.5. The van der Waals surface area contributed by atoms with Crippen molar-refractivity contribution in [2.24, 2.45) is 0 Å². The van der Waals surface area contributed by atoms with Crippen molar-refractivity contribution in [3.63, 3.8) is 0 Å². The summed E-state index contributed by atoms with van der Waals surface area (Å²) in [5.41, 5.74) is 0.714. The first kappa shape index (κ1) is 6.13. The minimum absolute atomic E-state index is 0.221. The van der Waals surface area contributed by atoms with Crippen LogP contribution in [0.3, 0.4) is 0 Å². The highest BCUT2D eigenvalue weighted by Gasteiger charge is 2.17. The number of hydrogen-bond donors (Lipinski definition) is 1. The van der Waals surface area contributed by atoms with Gasteiger partial charge in [-0.05, 0) is 12.5 Å². The van der Waals surface area contributed by atoms with E-state index in [4.69, 9.17) is 5.11 Å². The molecule has 0 spiro atoms. The van der Waals surface area contributed by atoms with Gasteiger partial charge < -0.3 is 9.84 Å². The van der Waals surface area contributed by atoms with Gasteiger partial charge in [0.05, 0.1) is 6.61 Å². The van der Waals surface area contributed by atoms with E-state index in [9.17, 15) is 4.79 Å². The van der Waals surface area contributed by atoms with Gasteiger partial charge in [0.25, 0.3) is 0 Å². The Hall–Kier alpha value is -0.990. The third-order valence-corrected chi connectivity index (χ3v) is 1.31. The number of cyclic esters (lactones) is 1. The molecule has 50 valence electrons. The van der Waals surface area contributed by atoms with Gasteiger partial charge in [0.1, 0.15) is 0 Å². The van der Waals surface area contributed by atoms with E-state index in [1.54, 1.807) is 6.92 Å². The van der Waals surface area contributed by atoms with Crippen molar-refractivity contribution in [3.05, 3.63) is 11.3 Å². The van der Waals surface area contributed by atoms with Crippen molar-refractivity contribution < 1.29 is 14.6 Å². The van der Waals surface area contributed by atoms with E-state index >= 15 is 0 Å². The maximum absolute atomic E-state index is 10.5. The predicted molar refractivity (Wildman–Crippen MR) is 30.9 cm³/mol. The average Bonchev–Trinajstić information content (AvgIpc) is 1.83. The molecule has 0 aliphatic carbocycles. The molecule has 0 amide bonds. The van der Waals surface area contributed by atoms with Crippen LogP contribution < -0.4 is 0 Å². The van der Waals surface area contributed by atoms with E-state index in [-0.39, 0.29) is 5.76 Å². The number of aliphatic hydroxyl groups is 1. The Morgan fingerprint density at radius 1 is 1.67 bits per heavy atom. The molecule has 3 heteroatoms. The number of esters is 1. The third-order valence-electron chi connectivity index (χ3n) is 1.31. The molecule has 0 aromatic rings. The zero-order valence-corrected chi connectivity index (χ0v) is 5.18. The van der Waals surface area contributed by atoms with E-state index in [1.807, 2.05) is 0 Å². The SMILES string of the molecule is CC1=C(O)C(=O)OCC1. The first-order chi connectivity index (χ1) is 4.22. The second kappa shape index (κ2) is 2.09. The van der Waals surface area contributed by atoms with E-state index in [0.29, 0.717) is 18.6 Å². The minimum atomic E-state index is -0.598. The van der Waals surface area contributed by atoms with Crippen molar-refractivity contribution in [1.82, 2.24) is 0 Å². The normalized spacial score (nSPS) is 19.9. The molecule has 0 atom stereocenters. The number of carbonyl (C=O) groups excluding carboxylic acids is 1. The van der Waals surface area contributed by atoms with Crippen LogP contribution in [-0.4, -0.2) is 17.7 Å². The number of aliphatic hydroxyl groups excluding tert-OH is 1. The summed E-state index contributed by atoms with van der Waals surface area (Å²) in [6.45, 7) is 2.12. The monoisotopic (exact) mass is 128 g/mol. The van der Waals surface area contributed by atoms with Gasteiger partial charge in [0.15, 0.2) is 0 Å². The molecule has 1 aliphatic heterocycles. The number of hydrogen-bond acceptors (Lipinski definition) is 3. The zero-order valence-electron chi connectivity index (χ0n) is 5.18. The van der Waals surface area contributed by atoms with E-state index in [0.717, 1.165) is 0 Å². The Morgan fingerprint density at radius 3 is 2.78 bits per heavy atom. The van der Waals surface area contributed by atoms with Crippen LogP contribution in [0.25, 0.3) is 0 Å². The number of carbonyl (C=O) groups is 1. The van der Waals surface area contributed by atoms with Gasteiger partial charge in [-0.15, -0.1) is 0 Å². The molecule has 0 saturated heterocycles. The maximum atomic E-state index is 10.5. The molecular formula is C6H8O3. The molecule has 0 aromatic heterocycles. The van der Waals surface area contributed by atoms with Crippen LogP contribution in [0.4, 0.5) is 0 Å². The van der Waals surface area contributed by atoms with E-state index in [1.165, 1.54) is 0 Å². The van der Waals surface area contributed by atoms with Gasteiger partial charge in [0.2, 0.25) is 5.76 Å². The van der Waals surface area contributed by atoms with Crippen molar-refractivity contribution >= 4 is 5.97 Å². The van der Waals surface area contributed by atoms with Crippen LogP contribution in [0.15, 0.2) is 11.3 Å². The standard InChI is InChI=1S/C6H8O3/c1-4-2-3-9-6(8)5(4)7/h7H,2-3H2,1H3. The van der Waals surface area contributed by atoms with Crippen molar-refractivity contribution in [2.45, 2.75) is 13.3 Å². The third kappa shape index (κ3) is 1.04. The second-order valence-corrected chi connectivity index (χ2v) is 2.01. The fourth-order valence-electron chi connectivity index (χ4n) is 0.658. The lowest BCUT2D eigenvalue weighted by Gasteiger charge is -2.11. The lowest BCUT2D eigenvalue weighted by atomic mass is 10.1. The van der Waals surface area contributed by atoms with Crippen molar-refractivity contribution in [3.8, 4) is 0 Å². The van der Waals surface area contributed by atoms with Gasteiger partial charge in [-0.2, -0.15) is 0 Å². The Kier molecular flexibility index (Phi) is 1.42. The van der Waals surface area contributed by atoms with Gasteiger partial charge >= 0.3 is 5.97 Å². The Bertz CT molecular complexity index is 169. The van der Waals surface area contributed by atoms with E-state index in [2.05, 4.69) is 4.74 Å². The molecule has 0 aromatic carbocycles. The second-order valence-electron chi connectivity index (χ2n) is 2.01. The quantitative estimate of drug-likeness (QED) is 0.490. The summed E-state index contributed by atoms with van der Waals surface area (Å²) < 4.78 is 4.51. The van der Waals surface area contributed by atoms with Gasteiger partial charge in [-0.1, -0.05) is 0 Å². The first-order valence-electron chi connectivity index (χ1n) is 2.77. The molecule has 1 N–H and O–H groups in total. The molecule has 1 rings (SSSR count). The Labute approximate surface area is 52.9 Å². The fraction of sp³-hybridized carbons (Fsp3) is 0.500. The van der Waals surface area contributed by atoms with Crippen LogP contribution >= 0.6 is 0 Å². The van der Waals surface area contributed by atoms with Crippen LogP contribution in [0.2, 0.25) is 0 Å². The molecule has 0 unspecified atom stereocenters. The number of ether oxygens (including phenoxy) is 1. The summed E-state index contributed by atoms with van der Waals surface area (Å²) in [6.07, 6.45) is 0.650. The Morgan fingerprint density at radius 2 is 2.33 bits per heavy atom. The Balaban J connectivity index is 2.84. The highest BCUT2D eigenvalue weighted by Crippen LogP contribution is 2.12. The summed E-state index contributed by atoms with van der Waals surface area (Å²) >= 11 is 0. The highest BCUT2D eigenvalue weighted by molar-refractivity contribution is 5.87. The largest absolute Gasteiger partial charge is 0.502 e. The molecule has 1 heterocycles. The van der Waals surface area contributed by atoms with Gasteiger partial charge in [-0.25, -0.2) is 4.79 Å². The molecule has 0 bridgehead atoms. The summed E-state index contributed by atoms with van der Waals surface area (Å²) in [7, 11) is 0. The maximum Gasteiger partial charge on any atom is 0.373 e. The van der Waals surface area contributed by atoms with Crippen molar-refractivity contribution in [2.75, 3.05) is 6.61 Å². The summed E-state index contributed by atoms with van der Waals surface area (Å²) in [5.74, 6) is -0.819. The minimum Gasteiger partial charge on any atom is -0.502 e. The topological polar surface area (TPSA) is 46.5 Å². The van der Waals surface area contributed by atoms with Crippen LogP contribution in [0.1, 0.15) is 13.3 Å². The molecule has 9 heavy (non-hydrogen) atoms. The van der Waals surface area contributed by atoms with Gasteiger partial charge in [-0.3, -0.25) is 0 Å². The van der Waals surface area contributed by atoms with Crippen LogP contribution in [0.5, 0.6) is 0 Å². The first-order valence-corrected chi connectivity index (χ1v) is 2.77. The lowest BCUT2D eigenvalue weighted by Crippen LogP contribution is -2.16. The fourth-order valence-corrected chi connectivity index (χ4v) is 0.658. The summed E-state index contributed by atoms with van der Waals surface area (Å²) in [5, 5.41) is 8.85. The van der Waals surface area contributed by atoms with Gasteiger partial charge in [0, 0.05) is 6.42 Å². The lowest BCUT2D eigenvalue weighted by molar-refractivity contribution is -0.143. The molecule has 0 saturated carbocycles. The average molecular weight is 128 g/mol. The van der Waals surface area contributed by atoms with E-state index < -0.39 is 5.97 Å². The smallest absolute Gasteiger partial charge is 0.373 e. The highest BCUT2D eigenvalue weighted by atomic mass is 16.5. The summed E-state index contributed by atoms with van der Waals surface area (Å²) in [6, 6.07) is 0. The number of rotatable bonds is 0. The van der Waals surface area contributed by atoms with Crippen LogP contribution in [-0.2, 0) is 9.53 Å². The van der Waals surface area contributed by atoms with Crippen molar-refractivity contribution in [1.29, 1.82) is 0 Å². The molecule has 3 nitrogen and oxygen atoms in total. The molecule has 1 aliphatic rings. The van der Waals surface area contributed by atoms with Crippen LogP contribution in [0, 0.1) is 0 Å². The molecule has 0 radical (unpaired) electrons. The molecule has 0 fully saturated rings.